The predicted octanol–water partition coefficient (Wildman–Crippen LogP) is 3.86. The van der Waals surface area contributed by atoms with E-state index in [0.29, 0.717) is 24.1 Å². The molecule has 0 saturated heterocycles. The average Bonchev–Trinajstić information content (AvgIpc) is 3.21. The number of alkyl halides is 3. The average molecular weight is 563 g/mol. The molecule has 0 fully saturated rings. The van der Waals surface area contributed by atoms with Gasteiger partial charge in [0.15, 0.2) is 11.7 Å². The van der Waals surface area contributed by atoms with E-state index in [1.165, 1.54) is 6.07 Å². The van der Waals surface area contributed by atoms with E-state index in [-0.39, 0.29) is 36.1 Å². The number of halogens is 4. The maximum absolute atomic E-state index is 12.6. The van der Waals surface area contributed by atoms with Gasteiger partial charge in [-0.1, -0.05) is 30.3 Å². The van der Waals surface area contributed by atoms with Crippen LogP contribution < -0.4 is 16.2 Å². The summed E-state index contributed by atoms with van der Waals surface area (Å²) in [5, 5.41) is 7.39. The molecule has 2 N–H and O–H groups in total. The van der Waals surface area contributed by atoms with Crippen LogP contribution in [0.2, 0.25) is 0 Å². The van der Waals surface area contributed by atoms with E-state index in [1.807, 2.05) is 30.3 Å². The Balaban J connectivity index is 0.00000341. The third kappa shape index (κ3) is 7.35. The Bertz CT molecular complexity index is 1060. The molecule has 0 unspecified atom stereocenters. The quantitative estimate of drug-likeness (QED) is 0.272. The van der Waals surface area contributed by atoms with E-state index in [2.05, 4.69) is 20.6 Å². The van der Waals surface area contributed by atoms with Gasteiger partial charge < -0.3 is 15.2 Å². The van der Waals surface area contributed by atoms with E-state index in [4.69, 9.17) is 0 Å². The molecular weight excluding hydrogens is 542 g/mol. The number of pyridine rings is 1. The first kappa shape index (κ1) is 24.9. The smallest absolute Gasteiger partial charge is 0.352 e. The van der Waals surface area contributed by atoms with Crippen LogP contribution in [0, 0.1) is 0 Å². The highest BCUT2D eigenvalue weighted by Gasteiger charge is 2.33. The number of benzene rings is 1. The van der Waals surface area contributed by atoms with E-state index in [1.54, 1.807) is 23.9 Å². The molecule has 0 aliphatic heterocycles. The molecule has 0 amide bonds. The topological polar surface area (TPSA) is 71.3 Å². The molecule has 2 aromatic heterocycles. The summed E-state index contributed by atoms with van der Waals surface area (Å²) in [6.07, 6.45) is -2.69. The van der Waals surface area contributed by atoms with Crippen LogP contribution in [0.15, 0.2) is 63.8 Å². The summed E-state index contributed by atoms with van der Waals surface area (Å²) in [4.78, 5) is 19.4. The summed E-state index contributed by atoms with van der Waals surface area (Å²) < 4.78 is 39.5. The van der Waals surface area contributed by atoms with Gasteiger partial charge in [-0.25, -0.2) is 4.98 Å². The van der Waals surface area contributed by atoms with E-state index in [9.17, 15) is 18.0 Å². The molecule has 0 spiro atoms. The first-order chi connectivity index (χ1) is 14.3. The summed E-state index contributed by atoms with van der Waals surface area (Å²) >= 11 is 0.946. The van der Waals surface area contributed by atoms with Crippen molar-refractivity contribution >= 4 is 41.3 Å². The second-order valence-corrected chi connectivity index (χ2v) is 7.33. The molecule has 0 aliphatic rings. The fourth-order valence-electron chi connectivity index (χ4n) is 2.64. The molecule has 2 heterocycles. The van der Waals surface area contributed by atoms with Crippen molar-refractivity contribution in [2.75, 3.05) is 7.05 Å². The van der Waals surface area contributed by atoms with Gasteiger partial charge in [0, 0.05) is 31.2 Å². The fourth-order valence-corrected chi connectivity index (χ4v) is 3.38. The largest absolute Gasteiger partial charge is 0.434 e. The number of aliphatic imine (C=N–C) groups is 1. The zero-order chi connectivity index (χ0) is 21.6. The van der Waals surface area contributed by atoms with Crippen molar-refractivity contribution in [3.63, 3.8) is 0 Å². The molecule has 31 heavy (non-hydrogen) atoms. The van der Waals surface area contributed by atoms with Crippen molar-refractivity contribution in [3.05, 3.63) is 86.2 Å². The van der Waals surface area contributed by atoms with Crippen molar-refractivity contribution in [1.82, 2.24) is 20.2 Å². The minimum Gasteiger partial charge on any atom is -0.352 e. The number of guanidine groups is 1. The molecule has 0 saturated carbocycles. The minimum atomic E-state index is -4.44. The van der Waals surface area contributed by atoms with Gasteiger partial charge in [0.1, 0.15) is 5.01 Å². The summed E-state index contributed by atoms with van der Waals surface area (Å²) in [6, 6.07) is 12.8. The third-order valence-corrected chi connectivity index (χ3v) is 5.06. The zero-order valence-corrected chi connectivity index (χ0v) is 19.7. The lowest BCUT2D eigenvalue weighted by Gasteiger charge is -2.11. The number of aromatic nitrogens is 2. The summed E-state index contributed by atoms with van der Waals surface area (Å²) in [6.45, 7) is 1.12. The molecule has 3 aromatic rings. The Morgan fingerprint density at radius 1 is 1.10 bits per heavy atom. The van der Waals surface area contributed by atoms with Gasteiger partial charge in [0.05, 0.1) is 13.1 Å². The third-order valence-electron chi connectivity index (χ3n) is 4.21. The van der Waals surface area contributed by atoms with Crippen LogP contribution >= 0.6 is 35.3 Å². The van der Waals surface area contributed by atoms with Crippen LogP contribution in [0.1, 0.15) is 21.8 Å². The molecular formula is C20H21F3IN5OS. The molecule has 0 bridgehead atoms. The van der Waals surface area contributed by atoms with Crippen molar-refractivity contribution in [1.29, 1.82) is 0 Å². The molecule has 11 heteroatoms. The second-order valence-electron chi connectivity index (χ2n) is 6.39. The zero-order valence-electron chi connectivity index (χ0n) is 16.5. The number of hydrogen-bond acceptors (Lipinski definition) is 4. The highest BCUT2D eigenvalue weighted by molar-refractivity contribution is 14.0. The number of nitrogens with one attached hydrogen (secondary N) is 2. The highest BCUT2D eigenvalue weighted by atomic mass is 127. The highest BCUT2D eigenvalue weighted by Crippen LogP contribution is 2.29. The standard InChI is InChI=1S/C20H20F3N5OS.HI/c1-24-19(26-11-17-27-16(13-30-17)20(21,22)23)25-10-14-5-7-15(8-6-14)12-28-9-3-2-4-18(28)29;/h2-9,13H,10-12H2,1H3,(H2,24,25,26);1H. The molecule has 3 rings (SSSR count). The lowest BCUT2D eigenvalue weighted by molar-refractivity contribution is -0.140. The Morgan fingerprint density at radius 2 is 1.77 bits per heavy atom. The van der Waals surface area contributed by atoms with Crippen LogP contribution in [0.4, 0.5) is 13.2 Å². The van der Waals surface area contributed by atoms with Gasteiger partial charge in [-0.15, -0.1) is 35.3 Å². The molecule has 166 valence electrons. The SMILES string of the molecule is CN=C(NCc1ccc(Cn2ccccc2=O)cc1)NCc1nc(C(F)(F)F)cs1.I. The maximum Gasteiger partial charge on any atom is 0.434 e. The van der Waals surface area contributed by atoms with Gasteiger partial charge in [-0.3, -0.25) is 9.79 Å². The number of thiazole rings is 1. The van der Waals surface area contributed by atoms with Crippen molar-refractivity contribution in [3.8, 4) is 0 Å². The Hall–Kier alpha value is -2.41. The van der Waals surface area contributed by atoms with Gasteiger partial charge >= 0.3 is 6.18 Å². The summed E-state index contributed by atoms with van der Waals surface area (Å²) in [7, 11) is 1.58. The van der Waals surface area contributed by atoms with Crippen LogP contribution in [-0.4, -0.2) is 22.6 Å². The lowest BCUT2D eigenvalue weighted by Crippen LogP contribution is -2.36. The lowest BCUT2D eigenvalue weighted by atomic mass is 10.1. The Kier molecular flexibility index (Phi) is 9.04. The van der Waals surface area contributed by atoms with E-state index < -0.39 is 11.9 Å². The number of nitrogens with zero attached hydrogens (tertiary/aromatic N) is 3. The van der Waals surface area contributed by atoms with Crippen molar-refractivity contribution in [2.45, 2.75) is 25.8 Å². The summed E-state index contributed by atoms with van der Waals surface area (Å²) in [5.41, 5.74) is 1.06. The fraction of sp³-hybridized carbons (Fsp3) is 0.250. The van der Waals surface area contributed by atoms with Gasteiger partial charge in [-0.05, 0) is 17.2 Å². The first-order valence-electron chi connectivity index (χ1n) is 9.04. The van der Waals surface area contributed by atoms with E-state index in [0.717, 1.165) is 27.8 Å². The minimum absolute atomic E-state index is 0. The maximum atomic E-state index is 12.6. The Morgan fingerprint density at radius 3 is 2.39 bits per heavy atom. The molecule has 6 nitrogen and oxygen atoms in total. The van der Waals surface area contributed by atoms with Crippen LogP contribution in [0.5, 0.6) is 0 Å². The molecule has 1 aromatic carbocycles. The van der Waals surface area contributed by atoms with Gasteiger partial charge in [0.25, 0.3) is 5.56 Å². The molecule has 0 radical (unpaired) electrons. The molecule has 0 aliphatic carbocycles. The van der Waals surface area contributed by atoms with Gasteiger partial charge in [0.2, 0.25) is 0 Å². The first-order valence-corrected chi connectivity index (χ1v) is 9.92. The Labute approximate surface area is 198 Å². The number of rotatable bonds is 6. The van der Waals surface area contributed by atoms with Crippen molar-refractivity contribution in [2.24, 2.45) is 4.99 Å². The monoisotopic (exact) mass is 563 g/mol. The second kappa shape index (κ2) is 11.3. The number of hydrogen-bond donors (Lipinski definition) is 2. The van der Waals surface area contributed by atoms with Crippen LogP contribution in [-0.2, 0) is 25.8 Å². The van der Waals surface area contributed by atoms with Crippen LogP contribution in [0.25, 0.3) is 0 Å². The predicted molar refractivity (Wildman–Crippen MR) is 126 cm³/mol. The normalized spacial score (nSPS) is 11.7. The van der Waals surface area contributed by atoms with E-state index >= 15 is 0 Å². The van der Waals surface area contributed by atoms with Crippen molar-refractivity contribution < 1.29 is 13.2 Å². The molecule has 0 atom stereocenters. The summed E-state index contributed by atoms with van der Waals surface area (Å²) in [5.74, 6) is 0.457. The van der Waals surface area contributed by atoms with Crippen LogP contribution in [0.3, 0.4) is 0 Å². The van der Waals surface area contributed by atoms with Gasteiger partial charge in [-0.2, -0.15) is 13.2 Å².